The Hall–Kier alpha value is -2.46. The largest absolute Gasteiger partial charge is 0.472 e. The predicted octanol–water partition coefficient (Wildman–Crippen LogP) is 23.3. The normalized spacial score (nSPS) is 14.2. The van der Waals surface area contributed by atoms with Crippen LogP contribution in [0, 0.1) is 17.8 Å². The minimum atomic E-state index is -4.97. The van der Waals surface area contributed by atoms with Crippen LogP contribution in [0.1, 0.15) is 389 Å². The molecule has 0 saturated carbocycles. The number of carbonyl (C=O) groups excluding carboxylic acids is 4. The SMILES string of the molecule is CCCCCC/C=C\C=C/CCCCCCCC(=O)OC[C@H](COP(=O)(O)OCC(O)COP(=O)(O)OC[C@@H](COC(=O)CCCCCCCCCC(C)C)OC(=O)CCCCCCCCCCCCCCCCCCCCC(C)C)OC(=O)CCCCCCCCCCCCC(C)C. The molecule has 19 heteroatoms. The molecule has 99 heavy (non-hydrogen) atoms. The molecule has 0 fully saturated rings. The molecule has 0 aliphatic carbocycles. The van der Waals surface area contributed by atoms with E-state index in [-0.39, 0.29) is 25.7 Å². The van der Waals surface area contributed by atoms with Gasteiger partial charge in [-0.15, -0.1) is 0 Å². The number of allylic oxidation sites excluding steroid dienone is 4. The van der Waals surface area contributed by atoms with Crippen LogP contribution in [0.3, 0.4) is 0 Å². The van der Waals surface area contributed by atoms with Crippen LogP contribution < -0.4 is 0 Å². The fourth-order valence-electron chi connectivity index (χ4n) is 11.8. The van der Waals surface area contributed by atoms with Gasteiger partial charge in [-0.05, 0) is 69.1 Å². The third-order valence-corrected chi connectivity index (χ3v) is 19.9. The molecule has 0 aliphatic rings. The summed E-state index contributed by atoms with van der Waals surface area (Å²) in [5.74, 6) is 0.127. The molecule has 0 heterocycles. The van der Waals surface area contributed by atoms with Gasteiger partial charge in [0.2, 0.25) is 0 Å². The average molecular weight is 1450 g/mol. The summed E-state index contributed by atoms with van der Waals surface area (Å²) in [6, 6.07) is 0. The van der Waals surface area contributed by atoms with Crippen LogP contribution in [-0.4, -0.2) is 96.7 Å². The van der Waals surface area contributed by atoms with Gasteiger partial charge >= 0.3 is 39.5 Å². The van der Waals surface area contributed by atoms with Crippen molar-refractivity contribution in [1.82, 2.24) is 0 Å². The van der Waals surface area contributed by atoms with E-state index in [0.717, 1.165) is 127 Å². The lowest BCUT2D eigenvalue weighted by atomic mass is 10.0. The molecule has 0 saturated heterocycles. The Labute approximate surface area is 605 Å². The maximum atomic E-state index is 13.1. The van der Waals surface area contributed by atoms with Crippen molar-refractivity contribution < 1.29 is 80.2 Å². The summed E-state index contributed by atoms with van der Waals surface area (Å²) in [6.45, 7) is 11.8. The van der Waals surface area contributed by atoms with Gasteiger partial charge in [-0.3, -0.25) is 37.3 Å². The number of hydrogen-bond acceptors (Lipinski definition) is 15. The van der Waals surface area contributed by atoms with Gasteiger partial charge in [0.25, 0.3) is 0 Å². The minimum absolute atomic E-state index is 0.0988. The van der Waals surface area contributed by atoms with E-state index in [2.05, 4.69) is 72.8 Å². The van der Waals surface area contributed by atoms with Crippen molar-refractivity contribution in [3.05, 3.63) is 24.3 Å². The van der Waals surface area contributed by atoms with Crippen LogP contribution >= 0.6 is 15.6 Å². The van der Waals surface area contributed by atoms with Gasteiger partial charge in [-0.1, -0.05) is 336 Å². The molecular weight excluding hydrogens is 1290 g/mol. The Balaban J connectivity index is 5.23. The van der Waals surface area contributed by atoms with Gasteiger partial charge < -0.3 is 33.8 Å². The van der Waals surface area contributed by atoms with Crippen LogP contribution in [0.4, 0.5) is 0 Å². The highest BCUT2D eigenvalue weighted by Crippen LogP contribution is 2.45. The van der Waals surface area contributed by atoms with Gasteiger partial charge in [0, 0.05) is 25.7 Å². The number of esters is 4. The highest BCUT2D eigenvalue weighted by Gasteiger charge is 2.30. The monoisotopic (exact) mass is 1450 g/mol. The molecule has 0 aromatic carbocycles. The molecule has 584 valence electrons. The molecule has 0 rings (SSSR count). The highest BCUT2D eigenvalue weighted by atomic mass is 31.2. The lowest BCUT2D eigenvalue weighted by molar-refractivity contribution is -0.161. The summed E-state index contributed by atoms with van der Waals surface area (Å²) in [4.78, 5) is 72.9. The van der Waals surface area contributed by atoms with Gasteiger partial charge in [0.15, 0.2) is 12.2 Å². The van der Waals surface area contributed by atoms with Crippen LogP contribution in [0.5, 0.6) is 0 Å². The van der Waals surface area contributed by atoms with Gasteiger partial charge in [0.1, 0.15) is 19.3 Å². The van der Waals surface area contributed by atoms with Crippen molar-refractivity contribution in [1.29, 1.82) is 0 Å². The minimum Gasteiger partial charge on any atom is -0.462 e. The van der Waals surface area contributed by atoms with Crippen molar-refractivity contribution >= 4 is 39.5 Å². The first kappa shape index (κ1) is 96.5. The third kappa shape index (κ3) is 73.6. The first-order chi connectivity index (χ1) is 47.7. The van der Waals surface area contributed by atoms with E-state index in [0.29, 0.717) is 31.6 Å². The standard InChI is InChI=1S/C80H152O17P2/c1-8-9-10-11-12-13-14-15-20-24-27-33-40-47-54-61-77(82)90-67-75(96-80(85)64-57-50-42-35-30-29-32-38-45-52-59-72(4)5)69-94-98(86,87)92-65-74(81)66-93-99(88,89)95-70-76(68-91-78(83)62-55-48-43-36-39-46-53-60-73(6)7)97-79(84)63-56-49-41-34-28-25-22-19-17-16-18-21-23-26-31-37-44-51-58-71(2)3/h13-15,20,71-76,81H,8-12,16-19,21-70H2,1-7H3,(H,86,87)(H,88,89)/b14-13-,20-15-/t74?,75-,76-/m1/s1. The number of ether oxygens (including phenoxy) is 4. The van der Waals surface area contributed by atoms with E-state index in [1.54, 1.807) is 0 Å². The molecule has 0 aromatic rings. The second-order valence-electron chi connectivity index (χ2n) is 29.5. The number of phosphoric ester groups is 2. The lowest BCUT2D eigenvalue weighted by Gasteiger charge is -2.21. The molecule has 3 unspecified atom stereocenters. The fourth-order valence-corrected chi connectivity index (χ4v) is 13.3. The quantitative estimate of drug-likeness (QED) is 0.0169. The molecule has 5 atom stereocenters. The number of aliphatic hydroxyl groups is 1. The van der Waals surface area contributed by atoms with E-state index < -0.39 is 97.5 Å². The zero-order valence-corrected chi connectivity index (χ0v) is 66.2. The molecule has 0 spiro atoms. The van der Waals surface area contributed by atoms with Crippen molar-refractivity contribution in [3.8, 4) is 0 Å². The molecular formula is C80H152O17P2. The molecule has 0 amide bonds. The second-order valence-corrected chi connectivity index (χ2v) is 32.5. The second kappa shape index (κ2) is 69.9. The summed E-state index contributed by atoms with van der Waals surface area (Å²) in [7, 11) is -9.93. The number of aliphatic hydroxyl groups excluding tert-OH is 1. The lowest BCUT2D eigenvalue weighted by Crippen LogP contribution is -2.30. The maximum absolute atomic E-state index is 13.1. The Morgan fingerprint density at radius 1 is 0.313 bits per heavy atom. The van der Waals surface area contributed by atoms with Gasteiger partial charge in [-0.2, -0.15) is 0 Å². The van der Waals surface area contributed by atoms with E-state index in [1.807, 2.05) is 0 Å². The molecule has 3 N–H and O–H groups in total. The number of hydrogen-bond donors (Lipinski definition) is 3. The van der Waals surface area contributed by atoms with E-state index in [9.17, 15) is 43.2 Å². The molecule has 0 bridgehead atoms. The topological polar surface area (TPSA) is 237 Å². The molecule has 0 aromatic heterocycles. The van der Waals surface area contributed by atoms with Crippen LogP contribution in [-0.2, 0) is 65.4 Å². The smallest absolute Gasteiger partial charge is 0.462 e. The molecule has 0 radical (unpaired) electrons. The Morgan fingerprint density at radius 2 is 0.545 bits per heavy atom. The zero-order chi connectivity index (χ0) is 73.0. The van der Waals surface area contributed by atoms with Crippen LogP contribution in [0.25, 0.3) is 0 Å². The number of carbonyl (C=O) groups is 4. The summed E-state index contributed by atoms with van der Waals surface area (Å²) < 4.78 is 68.6. The van der Waals surface area contributed by atoms with Crippen molar-refractivity contribution in [2.45, 2.75) is 407 Å². The number of rotatable bonds is 76. The summed E-state index contributed by atoms with van der Waals surface area (Å²) in [6.07, 6.45) is 60.6. The maximum Gasteiger partial charge on any atom is 0.472 e. The first-order valence-electron chi connectivity index (χ1n) is 40.7. The summed E-state index contributed by atoms with van der Waals surface area (Å²) in [5, 5.41) is 10.6. The zero-order valence-electron chi connectivity index (χ0n) is 64.4. The van der Waals surface area contributed by atoms with Crippen LogP contribution in [0.15, 0.2) is 24.3 Å². The van der Waals surface area contributed by atoms with Crippen molar-refractivity contribution in [2.24, 2.45) is 17.8 Å². The van der Waals surface area contributed by atoms with Crippen molar-refractivity contribution in [2.75, 3.05) is 39.6 Å². The average Bonchev–Trinajstić information content (AvgIpc) is 1.01. The van der Waals surface area contributed by atoms with E-state index in [4.69, 9.17) is 37.0 Å². The van der Waals surface area contributed by atoms with E-state index in [1.165, 1.54) is 173 Å². The highest BCUT2D eigenvalue weighted by molar-refractivity contribution is 7.47. The predicted molar refractivity (Wildman–Crippen MR) is 404 cm³/mol. The summed E-state index contributed by atoms with van der Waals surface area (Å²) in [5.41, 5.74) is 0. The van der Waals surface area contributed by atoms with Gasteiger partial charge in [-0.25, -0.2) is 9.13 Å². The Bertz CT molecular complexity index is 2020. The van der Waals surface area contributed by atoms with Crippen molar-refractivity contribution in [3.63, 3.8) is 0 Å². The molecule has 17 nitrogen and oxygen atoms in total. The first-order valence-corrected chi connectivity index (χ1v) is 43.7. The fraction of sp³-hybridized carbons (Fsp3) is 0.900. The Morgan fingerprint density at radius 3 is 0.818 bits per heavy atom. The number of unbranched alkanes of at least 4 members (excludes halogenated alkanes) is 41. The number of phosphoric acid groups is 2. The third-order valence-electron chi connectivity index (χ3n) is 18.0. The molecule has 0 aliphatic heterocycles. The summed E-state index contributed by atoms with van der Waals surface area (Å²) >= 11 is 0. The van der Waals surface area contributed by atoms with Gasteiger partial charge in [0.05, 0.1) is 26.4 Å². The van der Waals surface area contributed by atoms with Crippen LogP contribution in [0.2, 0.25) is 0 Å². The van der Waals surface area contributed by atoms with E-state index >= 15 is 0 Å². The Kier molecular flexibility index (Phi) is 68.1.